The molecule has 6 fully saturated rings. The quantitative estimate of drug-likeness (QED) is 0.122. The third-order valence-corrected chi connectivity index (χ3v) is 14.0. The van der Waals surface area contributed by atoms with E-state index in [1.807, 2.05) is 0 Å². The molecule has 0 aromatic rings. The number of hydrogen-bond acceptors (Lipinski definition) is 14. The van der Waals surface area contributed by atoms with Crippen molar-refractivity contribution in [1.29, 1.82) is 0 Å². The van der Waals surface area contributed by atoms with Crippen molar-refractivity contribution < 1.29 is 74.1 Å². The predicted molar refractivity (Wildman–Crippen MR) is 168 cm³/mol. The zero-order valence-corrected chi connectivity index (χ0v) is 28.5. The van der Waals surface area contributed by atoms with E-state index >= 15 is 0 Å². The molecule has 0 aromatic heterocycles. The number of fused-ring (bicyclic) bond motifs is 5. The van der Waals surface area contributed by atoms with Crippen molar-refractivity contribution in [3.63, 3.8) is 0 Å². The molecule has 3 heterocycles. The maximum atomic E-state index is 13.4. The summed E-state index contributed by atoms with van der Waals surface area (Å²) in [5.74, 6) is -2.28. The number of aliphatic carboxylic acids is 1. The van der Waals surface area contributed by atoms with Crippen molar-refractivity contribution in [3.05, 3.63) is 11.6 Å². The fraction of sp³-hybridized carbons (Fsp3) is 0.886. The molecule has 0 unspecified atom stereocenters. The number of carbonyl (C=O) groups excluding carboxylic acids is 1. The average molecular weight is 713 g/mol. The molecule has 50 heavy (non-hydrogen) atoms. The zero-order chi connectivity index (χ0) is 36.0. The van der Waals surface area contributed by atoms with Crippen molar-refractivity contribution in [2.75, 3.05) is 13.2 Å². The number of aliphatic hydroxyl groups is 7. The molecule has 7 aliphatic rings. The maximum Gasteiger partial charge on any atom is 0.331 e. The van der Waals surface area contributed by atoms with Crippen LogP contribution in [-0.4, -0.2) is 139 Å². The van der Waals surface area contributed by atoms with Gasteiger partial charge in [-0.05, 0) is 81.6 Å². The molecule has 0 amide bonds. The number of carbonyl (C=O) groups is 2. The van der Waals surface area contributed by atoms with Crippen LogP contribution in [0.15, 0.2) is 11.6 Å². The molecule has 282 valence electrons. The second-order valence-corrected chi connectivity index (χ2v) is 16.2. The molecule has 4 aliphatic carbocycles. The van der Waals surface area contributed by atoms with Gasteiger partial charge in [0.15, 0.2) is 12.6 Å². The molecule has 3 aliphatic heterocycles. The number of carboxylic acid groups (broad SMARTS) is 1. The van der Waals surface area contributed by atoms with Crippen LogP contribution in [0.4, 0.5) is 0 Å². The summed E-state index contributed by atoms with van der Waals surface area (Å²) in [4.78, 5) is 25.2. The van der Waals surface area contributed by atoms with Gasteiger partial charge < -0.3 is 64.5 Å². The van der Waals surface area contributed by atoms with Gasteiger partial charge in [-0.3, -0.25) is 4.79 Å². The lowest BCUT2D eigenvalue weighted by Crippen LogP contribution is -2.70. The summed E-state index contributed by atoms with van der Waals surface area (Å²) in [6.07, 6.45) is -7.06. The van der Waals surface area contributed by atoms with Crippen molar-refractivity contribution in [2.24, 2.45) is 28.6 Å². The Morgan fingerprint density at radius 3 is 2.34 bits per heavy atom. The minimum absolute atomic E-state index is 0.0407. The highest BCUT2D eigenvalue weighted by atomic mass is 16.7. The third kappa shape index (κ3) is 5.41. The van der Waals surface area contributed by atoms with Crippen molar-refractivity contribution >= 4 is 11.9 Å². The lowest BCUT2D eigenvalue weighted by molar-refractivity contribution is -0.345. The molecular formula is C35H52O15. The number of esters is 1. The van der Waals surface area contributed by atoms with Crippen LogP contribution in [0, 0.1) is 28.6 Å². The van der Waals surface area contributed by atoms with Crippen LogP contribution < -0.4 is 0 Å². The van der Waals surface area contributed by atoms with E-state index in [9.17, 15) is 50.4 Å². The Kier molecular flexibility index (Phi) is 9.49. The van der Waals surface area contributed by atoms with Crippen LogP contribution in [0.1, 0.15) is 78.1 Å². The smallest absolute Gasteiger partial charge is 0.331 e. The van der Waals surface area contributed by atoms with Gasteiger partial charge in [0, 0.05) is 24.3 Å². The molecule has 2 saturated heterocycles. The van der Waals surface area contributed by atoms with E-state index < -0.39 is 102 Å². The van der Waals surface area contributed by atoms with Gasteiger partial charge in [-0.15, -0.1) is 0 Å². The van der Waals surface area contributed by atoms with E-state index in [1.54, 1.807) is 6.92 Å². The molecule has 8 N–H and O–H groups in total. The average Bonchev–Trinajstić information content (AvgIpc) is 3.61. The maximum absolute atomic E-state index is 13.4. The lowest BCUT2D eigenvalue weighted by atomic mass is 9.41. The van der Waals surface area contributed by atoms with Gasteiger partial charge in [-0.1, -0.05) is 6.92 Å². The van der Waals surface area contributed by atoms with E-state index in [-0.39, 0.29) is 50.1 Å². The summed E-state index contributed by atoms with van der Waals surface area (Å²) < 4.78 is 28.7. The molecule has 0 bridgehead atoms. The van der Waals surface area contributed by atoms with Crippen molar-refractivity contribution in [3.8, 4) is 0 Å². The number of aliphatic hydroxyl groups excluding tert-OH is 5. The van der Waals surface area contributed by atoms with Crippen LogP contribution in [0.5, 0.6) is 0 Å². The van der Waals surface area contributed by atoms with Crippen molar-refractivity contribution in [1.82, 2.24) is 0 Å². The highest BCUT2D eigenvalue weighted by molar-refractivity contribution is 5.85. The Hall–Kier alpha value is -1.76. The van der Waals surface area contributed by atoms with Gasteiger partial charge >= 0.3 is 11.9 Å². The molecule has 0 spiro atoms. The zero-order valence-electron chi connectivity index (χ0n) is 28.5. The second-order valence-electron chi connectivity index (χ2n) is 16.2. The fourth-order valence-corrected chi connectivity index (χ4v) is 11.4. The molecule has 15 nitrogen and oxygen atoms in total. The SMILES string of the molecule is C[C@H]1O[C@@H](O[C@H]2CC[C@]3(C(=O)O)[C@H]4CC[C@]5(C)[C@@H](C6=CC(=O)OC6)CC[C@]5(O)[C@@H]4CC[C@]3(O)C2)C[C@H](O)[C@H]1O[C@@H]1O[C@H](CO)[C@@H](O)[C@H](O)[C@H]1O. The highest BCUT2D eigenvalue weighted by Gasteiger charge is 2.73. The number of carboxylic acids is 1. The largest absolute Gasteiger partial charge is 0.481 e. The summed E-state index contributed by atoms with van der Waals surface area (Å²) in [6, 6.07) is 0. The molecular weight excluding hydrogens is 660 g/mol. The Labute approximate surface area is 290 Å². The number of cyclic esters (lactones) is 1. The van der Waals surface area contributed by atoms with E-state index in [0.29, 0.717) is 38.5 Å². The monoisotopic (exact) mass is 712 g/mol. The van der Waals surface area contributed by atoms with Gasteiger partial charge in [-0.2, -0.15) is 0 Å². The number of hydrogen-bond donors (Lipinski definition) is 8. The summed E-state index contributed by atoms with van der Waals surface area (Å²) in [7, 11) is 0. The number of rotatable bonds is 7. The first-order valence-electron chi connectivity index (χ1n) is 18.1. The van der Waals surface area contributed by atoms with Crippen LogP contribution in [-0.2, 0) is 33.3 Å². The molecule has 4 saturated carbocycles. The van der Waals surface area contributed by atoms with Crippen LogP contribution >= 0.6 is 0 Å². The normalized spacial score (nSPS) is 53.5. The van der Waals surface area contributed by atoms with Crippen LogP contribution in [0.3, 0.4) is 0 Å². The minimum Gasteiger partial charge on any atom is -0.481 e. The van der Waals surface area contributed by atoms with E-state index in [4.69, 9.17) is 23.7 Å². The second kappa shape index (κ2) is 13.0. The Bertz CT molecular complexity index is 1340. The topological polar surface area (TPSA) is 242 Å². The summed E-state index contributed by atoms with van der Waals surface area (Å²) in [6.45, 7) is 3.27. The van der Waals surface area contributed by atoms with E-state index in [2.05, 4.69) is 6.92 Å². The Morgan fingerprint density at radius 2 is 1.68 bits per heavy atom. The first-order valence-corrected chi connectivity index (χ1v) is 18.1. The molecule has 0 aromatic carbocycles. The summed E-state index contributed by atoms with van der Waals surface area (Å²) in [5.41, 5.74) is -3.90. The Morgan fingerprint density at radius 1 is 0.940 bits per heavy atom. The predicted octanol–water partition coefficient (Wildman–Crippen LogP) is -0.511. The van der Waals surface area contributed by atoms with Crippen molar-refractivity contribution in [2.45, 2.75) is 151 Å². The fourth-order valence-electron chi connectivity index (χ4n) is 11.4. The molecule has 15 heteroatoms. The van der Waals surface area contributed by atoms with Gasteiger partial charge in [0.25, 0.3) is 0 Å². The van der Waals surface area contributed by atoms with Gasteiger partial charge in [-0.25, -0.2) is 4.79 Å². The molecule has 0 radical (unpaired) electrons. The lowest BCUT2D eigenvalue weighted by Gasteiger charge is -2.65. The Balaban J connectivity index is 1.02. The first-order chi connectivity index (χ1) is 23.6. The van der Waals surface area contributed by atoms with E-state index in [1.165, 1.54) is 6.08 Å². The van der Waals surface area contributed by atoms with Gasteiger partial charge in [0.2, 0.25) is 0 Å². The van der Waals surface area contributed by atoms with Gasteiger partial charge in [0.05, 0.1) is 41.5 Å². The van der Waals surface area contributed by atoms with Gasteiger partial charge in [0.1, 0.15) is 37.1 Å². The summed E-state index contributed by atoms with van der Waals surface area (Å²) in [5, 5.41) is 86.8. The number of ether oxygens (including phenoxy) is 5. The third-order valence-electron chi connectivity index (χ3n) is 14.0. The standard InChI is InChI=1S/C35H52O15/c1-16-29(50-30-28(41)27(40)26(39)23(14-36)49-30)22(37)12-25(47-16)48-18-3-9-34(31(42)43)20-4-7-32(2)19(17-11-24(38)46-15-17)6-10-35(32,45)21(20)5-8-33(34,44)13-18/h11,16,18-23,25-30,36-37,39-41,44-45H,3-10,12-15H2,1-2H3,(H,42,43)/t16-,18+,19-,20+,21-,22+,23-,25+,26-,27+,28-,29+,30+,32-,33+,34-,35+/m1/s1. The molecule has 17 atom stereocenters. The summed E-state index contributed by atoms with van der Waals surface area (Å²) >= 11 is 0. The first kappa shape index (κ1) is 36.6. The van der Waals surface area contributed by atoms with Crippen LogP contribution in [0.25, 0.3) is 0 Å². The van der Waals surface area contributed by atoms with Crippen LogP contribution in [0.2, 0.25) is 0 Å². The minimum atomic E-state index is -1.65. The highest BCUT2D eigenvalue weighted by Crippen LogP contribution is 2.71. The molecule has 7 rings (SSSR count). The van der Waals surface area contributed by atoms with E-state index in [0.717, 1.165) is 5.57 Å².